The molecule has 3 nitrogen and oxygen atoms in total. The van der Waals surface area contributed by atoms with Crippen molar-refractivity contribution in [1.29, 1.82) is 0 Å². The molecule has 0 amide bonds. The summed E-state index contributed by atoms with van der Waals surface area (Å²) in [5, 5.41) is 0. The Labute approximate surface area is 108 Å². The van der Waals surface area contributed by atoms with E-state index in [-0.39, 0.29) is 23.9 Å². The molecule has 0 saturated carbocycles. The molecule has 1 heterocycles. The molecule has 1 unspecified atom stereocenters. The van der Waals surface area contributed by atoms with Gasteiger partial charge in [0.25, 0.3) is 0 Å². The van der Waals surface area contributed by atoms with E-state index >= 15 is 0 Å². The number of nitrogens with zero attached hydrogens (tertiary/aromatic N) is 1. The minimum atomic E-state index is -4.38. The summed E-state index contributed by atoms with van der Waals surface area (Å²) in [6, 6.07) is 5.06. The highest BCUT2D eigenvalue weighted by molar-refractivity contribution is 5.31. The number of halogens is 3. The van der Waals surface area contributed by atoms with Gasteiger partial charge in [0.2, 0.25) is 0 Å². The molecule has 1 atom stereocenters. The fraction of sp³-hybridized carbons (Fsp3) is 0.308. The summed E-state index contributed by atoms with van der Waals surface area (Å²) in [5.41, 5.74) is 5.61. The Morgan fingerprint density at radius 3 is 2.58 bits per heavy atom. The van der Waals surface area contributed by atoms with E-state index in [9.17, 15) is 13.2 Å². The molecular formula is C13H13F3N2O. The van der Waals surface area contributed by atoms with E-state index in [0.717, 1.165) is 6.07 Å². The number of rotatable bonds is 3. The van der Waals surface area contributed by atoms with Gasteiger partial charge in [-0.25, -0.2) is 4.98 Å². The Balaban J connectivity index is 2.28. The van der Waals surface area contributed by atoms with Gasteiger partial charge in [0.1, 0.15) is 6.26 Å². The summed E-state index contributed by atoms with van der Waals surface area (Å²) in [7, 11) is 0. The average Bonchev–Trinajstić information content (AvgIpc) is 2.77. The lowest BCUT2D eigenvalue weighted by Crippen LogP contribution is -2.09. The van der Waals surface area contributed by atoms with Gasteiger partial charge in [0.15, 0.2) is 5.89 Å². The zero-order valence-electron chi connectivity index (χ0n) is 10.2. The van der Waals surface area contributed by atoms with Crippen molar-refractivity contribution < 1.29 is 17.6 Å². The standard InChI is InChI=1S/C13H13F3N2O/c1-8(17)11-7-19-12(18-11)6-9-4-2-3-5-10(9)13(14,15)16/h2-5,7-8H,6,17H2,1H3. The van der Waals surface area contributed by atoms with E-state index < -0.39 is 11.7 Å². The smallest absolute Gasteiger partial charge is 0.416 e. The van der Waals surface area contributed by atoms with Gasteiger partial charge < -0.3 is 10.2 Å². The molecule has 0 bridgehead atoms. The highest BCUT2D eigenvalue weighted by Crippen LogP contribution is 2.32. The predicted octanol–water partition coefficient (Wildman–Crippen LogP) is 3.30. The Hall–Kier alpha value is -1.82. The van der Waals surface area contributed by atoms with Gasteiger partial charge >= 0.3 is 6.18 Å². The van der Waals surface area contributed by atoms with Crippen molar-refractivity contribution in [1.82, 2.24) is 4.98 Å². The number of aromatic nitrogens is 1. The van der Waals surface area contributed by atoms with E-state index in [0.29, 0.717) is 5.69 Å². The molecule has 1 aromatic heterocycles. The van der Waals surface area contributed by atoms with Crippen LogP contribution in [0.2, 0.25) is 0 Å². The lowest BCUT2D eigenvalue weighted by atomic mass is 10.0. The van der Waals surface area contributed by atoms with Crippen molar-refractivity contribution in [2.75, 3.05) is 0 Å². The quantitative estimate of drug-likeness (QED) is 0.931. The summed E-state index contributed by atoms with van der Waals surface area (Å²) >= 11 is 0. The zero-order valence-corrected chi connectivity index (χ0v) is 10.2. The van der Waals surface area contributed by atoms with Crippen LogP contribution < -0.4 is 5.73 Å². The van der Waals surface area contributed by atoms with Crippen molar-refractivity contribution in [3.63, 3.8) is 0 Å². The molecule has 0 aliphatic carbocycles. The summed E-state index contributed by atoms with van der Waals surface area (Å²) in [4.78, 5) is 4.07. The first kappa shape index (κ1) is 13.6. The maximum absolute atomic E-state index is 12.8. The highest BCUT2D eigenvalue weighted by atomic mass is 19.4. The minimum Gasteiger partial charge on any atom is -0.448 e. The molecule has 2 rings (SSSR count). The van der Waals surface area contributed by atoms with Crippen LogP contribution >= 0.6 is 0 Å². The summed E-state index contributed by atoms with van der Waals surface area (Å²) in [5.74, 6) is 0.226. The van der Waals surface area contributed by atoms with Gasteiger partial charge in [-0.2, -0.15) is 13.2 Å². The van der Waals surface area contributed by atoms with Gasteiger partial charge in [-0.1, -0.05) is 18.2 Å². The topological polar surface area (TPSA) is 52.0 Å². The number of benzene rings is 1. The van der Waals surface area contributed by atoms with Crippen LogP contribution in [-0.4, -0.2) is 4.98 Å². The largest absolute Gasteiger partial charge is 0.448 e. The van der Waals surface area contributed by atoms with Crippen LogP contribution in [0.5, 0.6) is 0 Å². The zero-order chi connectivity index (χ0) is 14.0. The van der Waals surface area contributed by atoms with Crippen LogP contribution in [0.15, 0.2) is 34.9 Å². The van der Waals surface area contributed by atoms with Crippen molar-refractivity contribution in [2.24, 2.45) is 5.73 Å². The van der Waals surface area contributed by atoms with E-state index in [4.69, 9.17) is 10.2 Å². The van der Waals surface area contributed by atoms with Crippen LogP contribution in [-0.2, 0) is 12.6 Å². The summed E-state index contributed by atoms with van der Waals surface area (Å²) in [6.07, 6.45) is -3.02. The average molecular weight is 270 g/mol. The van der Waals surface area contributed by atoms with Gasteiger partial charge in [0.05, 0.1) is 11.3 Å². The van der Waals surface area contributed by atoms with Crippen LogP contribution in [0.4, 0.5) is 13.2 Å². The van der Waals surface area contributed by atoms with E-state index in [1.54, 1.807) is 13.0 Å². The third kappa shape index (κ3) is 3.14. The third-order valence-electron chi connectivity index (χ3n) is 2.70. The number of hydrogen-bond donors (Lipinski definition) is 1. The number of hydrogen-bond acceptors (Lipinski definition) is 3. The molecule has 1 aromatic carbocycles. The first-order valence-corrected chi connectivity index (χ1v) is 5.73. The molecule has 6 heteroatoms. The molecule has 0 aliphatic rings. The van der Waals surface area contributed by atoms with Crippen molar-refractivity contribution in [3.8, 4) is 0 Å². The van der Waals surface area contributed by atoms with E-state index in [1.165, 1.54) is 18.4 Å². The molecule has 2 N–H and O–H groups in total. The SMILES string of the molecule is CC(N)c1coc(Cc2ccccc2C(F)(F)F)n1. The van der Waals surface area contributed by atoms with Crippen molar-refractivity contribution >= 4 is 0 Å². The van der Waals surface area contributed by atoms with Crippen LogP contribution in [0.3, 0.4) is 0 Å². The molecule has 2 aromatic rings. The molecule has 0 spiro atoms. The van der Waals surface area contributed by atoms with Gasteiger partial charge in [0, 0.05) is 12.5 Å². The van der Waals surface area contributed by atoms with Crippen molar-refractivity contribution in [3.05, 3.63) is 53.2 Å². The molecule has 0 aliphatic heterocycles. The minimum absolute atomic E-state index is 0.0115. The lowest BCUT2D eigenvalue weighted by Gasteiger charge is -2.11. The molecule has 102 valence electrons. The Kier molecular flexibility index (Phi) is 3.61. The second-order valence-electron chi connectivity index (χ2n) is 4.29. The molecule has 19 heavy (non-hydrogen) atoms. The summed E-state index contributed by atoms with van der Waals surface area (Å²) in [6.45, 7) is 1.73. The fourth-order valence-electron chi connectivity index (χ4n) is 1.73. The third-order valence-corrected chi connectivity index (χ3v) is 2.70. The number of oxazole rings is 1. The number of nitrogens with two attached hydrogens (primary N) is 1. The van der Waals surface area contributed by atoms with E-state index in [1.807, 2.05) is 0 Å². The molecule has 0 radical (unpaired) electrons. The second kappa shape index (κ2) is 5.05. The Morgan fingerprint density at radius 2 is 2.00 bits per heavy atom. The maximum atomic E-state index is 12.8. The van der Waals surface area contributed by atoms with Gasteiger partial charge in [-0.15, -0.1) is 0 Å². The fourth-order valence-corrected chi connectivity index (χ4v) is 1.73. The number of alkyl halides is 3. The van der Waals surface area contributed by atoms with E-state index in [2.05, 4.69) is 4.98 Å². The monoisotopic (exact) mass is 270 g/mol. The molecule has 0 saturated heterocycles. The van der Waals surface area contributed by atoms with Gasteiger partial charge in [-0.05, 0) is 18.6 Å². The highest BCUT2D eigenvalue weighted by Gasteiger charge is 2.33. The van der Waals surface area contributed by atoms with Crippen molar-refractivity contribution in [2.45, 2.75) is 25.6 Å². The molecular weight excluding hydrogens is 257 g/mol. The molecule has 0 fully saturated rings. The normalized spacial score (nSPS) is 13.5. The lowest BCUT2D eigenvalue weighted by molar-refractivity contribution is -0.138. The summed E-state index contributed by atoms with van der Waals surface area (Å²) < 4.78 is 43.6. The Bertz CT molecular complexity index is 561. The second-order valence-corrected chi connectivity index (χ2v) is 4.29. The first-order valence-electron chi connectivity index (χ1n) is 5.73. The van der Waals surface area contributed by atoms with Crippen LogP contribution in [0.1, 0.15) is 35.7 Å². The maximum Gasteiger partial charge on any atom is 0.416 e. The first-order chi connectivity index (χ1) is 8.88. The van der Waals surface area contributed by atoms with Crippen LogP contribution in [0.25, 0.3) is 0 Å². The Morgan fingerprint density at radius 1 is 1.32 bits per heavy atom. The predicted molar refractivity (Wildman–Crippen MR) is 63.4 cm³/mol. The van der Waals surface area contributed by atoms with Gasteiger partial charge in [-0.3, -0.25) is 0 Å². The van der Waals surface area contributed by atoms with Crippen LogP contribution in [0, 0.1) is 0 Å².